The molecule has 2 heteroatoms. The molecule has 0 saturated carbocycles. The van der Waals surface area contributed by atoms with Crippen molar-refractivity contribution in [3.05, 3.63) is 0 Å². The van der Waals surface area contributed by atoms with Gasteiger partial charge in [-0.25, -0.2) is 0 Å². The van der Waals surface area contributed by atoms with Crippen molar-refractivity contribution in [1.82, 2.24) is 5.32 Å². The smallest absolute Gasteiger partial charge is 0.00966 e. The number of hydrogen-bond acceptors (Lipinski definition) is 2. The fraction of sp³-hybridized carbons (Fsp3) is 1.00. The van der Waals surface area contributed by atoms with Crippen molar-refractivity contribution >= 4 is 11.8 Å². The molecule has 0 amide bonds. The number of rotatable bonds is 2. The standard InChI is InChI=1S/C10H21NS/c1-10(2,3)11-8-9-4-6-12-7-5-9/h9,11H,4-8H2,1-3H3. The van der Waals surface area contributed by atoms with E-state index < -0.39 is 0 Å². The molecule has 0 atom stereocenters. The van der Waals surface area contributed by atoms with E-state index >= 15 is 0 Å². The second-order valence-corrected chi connectivity index (χ2v) is 5.91. The quantitative estimate of drug-likeness (QED) is 0.713. The van der Waals surface area contributed by atoms with Gasteiger partial charge in [-0.05, 0) is 57.6 Å². The highest BCUT2D eigenvalue weighted by molar-refractivity contribution is 7.99. The lowest BCUT2D eigenvalue weighted by molar-refractivity contribution is 0.358. The van der Waals surface area contributed by atoms with Crippen molar-refractivity contribution in [2.45, 2.75) is 39.2 Å². The first-order valence-electron chi connectivity index (χ1n) is 4.91. The highest BCUT2D eigenvalue weighted by Gasteiger charge is 2.16. The summed E-state index contributed by atoms with van der Waals surface area (Å²) in [5.74, 6) is 3.68. The van der Waals surface area contributed by atoms with E-state index in [9.17, 15) is 0 Å². The third-order valence-corrected chi connectivity index (χ3v) is 3.31. The fourth-order valence-corrected chi connectivity index (χ4v) is 2.61. The summed E-state index contributed by atoms with van der Waals surface area (Å²) in [4.78, 5) is 0. The van der Waals surface area contributed by atoms with Crippen LogP contribution in [0.5, 0.6) is 0 Å². The third kappa shape index (κ3) is 4.36. The van der Waals surface area contributed by atoms with Crippen LogP contribution in [0.1, 0.15) is 33.6 Å². The lowest BCUT2D eigenvalue weighted by atomic mass is 10.0. The van der Waals surface area contributed by atoms with Crippen molar-refractivity contribution in [2.24, 2.45) is 5.92 Å². The molecule has 1 heterocycles. The first-order valence-corrected chi connectivity index (χ1v) is 6.06. The van der Waals surface area contributed by atoms with E-state index in [0.29, 0.717) is 5.54 Å². The summed E-state index contributed by atoms with van der Waals surface area (Å²) in [6, 6.07) is 0. The number of hydrogen-bond donors (Lipinski definition) is 1. The molecule has 0 aromatic heterocycles. The lowest BCUT2D eigenvalue weighted by Gasteiger charge is -2.27. The molecule has 0 aliphatic carbocycles. The fourth-order valence-electron chi connectivity index (χ4n) is 1.40. The summed E-state index contributed by atoms with van der Waals surface area (Å²) < 4.78 is 0. The zero-order valence-electron chi connectivity index (χ0n) is 8.52. The van der Waals surface area contributed by atoms with E-state index in [2.05, 4.69) is 37.8 Å². The Morgan fingerprint density at radius 1 is 1.25 bits per heavy atom. The zero-order valence-corrected chi connectivity index (χ0v) is 9.34. The molecule has 0 spiro atoms. The Balaban J connectivity index is 2.13. The van der Waals surface area contributed by atoms with Crippen LogP contribution in [0.4, 0.5) is 0 Å². The van der Waals surface area contributed by atoms with Crippen molar-refractivity contribution in [1.29, 1.82) is 0 Å². The molecule has 1 fully saturated rings. The Bertz CT molecular complexity index is 122. The zero-order chi connectivity index (χ0) is 9.03. The molecule has 0 radical (unpaired) electrons. The van der Waals surface area contributed by atoms with Crippen LogP contribution in [-0.2, 0) is 0 Å². The Morgan fingerprint density at radius 3 is 2.33 bits per heavy atom. The average molecular weight is 187 g/mol. The Labute approximate surface area is 80.7 Å². The van der Waals surface area contributed by atoms with E-state index in [1.54, 1.807) is 0 Å². The van der Waals surface area contributed by atoms with E-state index in [4.69, 9.17) is 0 Å². The van der Waals surface area contributed by atoms with E-state index in [-0.39, 0.29) is 0 Å². The van der Waals surface area contributed by atoms with Gasteiger partial charge in [0, 0.05) is 5.54 Å². The van der Waals surface area contributed by atoms with Gasteiger partial charge in [-0.15, -0.1) is 0 Å². The van der Waals surface area contributed by atoms with Crippen LogP contribution < -0.4 is 5.32 Å². The maximum atomic E-state index is 3.58. The normalized spacial score (nSPS) is 21.2. The van der Waals surface area contributed by atoms with E-state index in [1.807, 2.05) is 0 Å². The van der Waals surface area contributed by atoms with Gasteiger partial charge in [-0.1, -0.05) is 0 Å². The minimum atomic E-state index is 0.296. The highest BCUT2D eigenvalue weighted by atomic mass is 32.2. The molecular weight excluding hydrogens is 166 g/mol. The largest absolute Gasteiger partial charge is 0.312 e. The summed E-state index contributed by atoms with van der Waals surface area (Å²) in [6.45, 7) is 7.93. The second kappa shape index (κ2) is 4.52. The molecule has 1 N–H and O–H groups in total. The summed E-state index contributed by atoms with van der Waals surface area (Å²) in [5.41, 5.74) is 0.296. The summed E-state index contributed by atoms with van der Waals surface area (Å²) in [5, 5.41) is 3.58. The molecule has 72 valence electrons. The summed E-state index contributed by atoms with van der Waals surface area (Å²) in [7, 11) is 0. The molecule has 0 unspecified atom stereocenters. The van der Waals surface area contributed by atoms with Gasteiger partial charge >= 0.3 is 0 Å². The summed E-state index contributed by atoms with van der Waals surface area (Å²) >= 11 is 2.10. The van der Waals surface area contributed by atoms with Crippen LogP contribution in [0.2, 0.25) is 0 Å². The number of nitrogens with one attached hydrogen (secondary N) is 1. The van der Waals surface area contributed by atoms with Gasteiger partial charge in [0.25, 0.3) is 0 Å². The first kappa shape index (κ1) is 10.4. The van der Waals surface area contributed by atoms with E-state index in [0.717, 1.165) is 5.92 Å². The van der Waals surface area contributed by atoms with Gasteiger partial charge in [0.15, 0.2) is 0 Å². The number of thioether (sulfide) groups is 1. The molecule has 1 nitrogen and oxygen atoms in total. The Hall–Kier alpha value is 0.310. The van der Waals surface area contributed by atoms with Crippen molar-refractivity contribution in [3.8, 4) is 0 Å². The minimum Gasteiger partial charge on any atom is -0.312 e. The van der Waals surface area contributed by atoms with E-state index in [1.165, 1.54) is 30.9 Å². The van der Waals surface area contributed by atoms with Gasteiger partial charge in [-0.3, -0.25) is 0 Å². The maximum absolute atomic E-state index is 3.58. The predicted octanol–water partition coefficient (Wildman–Crippen LogP) is 2.52. The van der Waals surface area contributed by atoms with Crippen LogP contribution >= 0.6 is 11.8 Å². The highest BCUT2D eigenvalue weighted by Crippen LogP contribution is 2.22. The van der Waals surface area contributed by atoms with Crippen LogP contribution in [0.25, 0.3) is 0 Å². The first-order chi connectivity index (χ1) is 5.58. The van der Waals surface area contributed by atoms with Crippen LogP contribution in [0.3, 0.4) is 0 Å². The van der Waals surface area contributed by atoms with Crippen molar-refractivity contribution in [2.75, 3.05) is 18.1 Å². The SMILES string of the molecule is CC(C)(C)NCC1CCSCC1. The van der Waals surface area contributed by atoms with Crippen LogP contribution in [0, 0.1) is 5.92 Å². The molecule has 1 rings (SSSR count). The van der Waals surface area contributed by atoms with Crippen LogP contribution in [-0.4, -0.2) is 23.6 Å². The Morgan fingerprint density at radius 2 is 1.83 bits per heavy atom. The molecular formula is C10H21NS. The van der Waals surface area contributed by atoms with Crippen LogP contribution in [0.15, 0.2) is 0 Å². The van der Waals surface area contributed by atoms with Gasteiger partial charge < -0.3 is 5.32 Å². The topological polar surface area (TPSA) is 12.0 Å². The van der Waals surface area contributed by atoms with Crippen molar-refractivity contribution < 1.29 is 0 Å². The molecule has 0 aromatic rings. The third-order valence-electron chi connectivity index (χ3n) is 2.26. The Kier molecular flexibility index (Phi) is 3.91. The van der Waals surface area contributed by atoms with Crippen molar-refractivity contribution in [3.63, 3.8) is 0 Å². The van der Waals surface area contributed by atoms with Gasteiger partial charge in [-0.2, -0.15) is 11.8 Å². The molecule has 1 aliphatic heterocycles. The minimum absolute atomic E-state index is 0.296. The van der Waals surface area contributed by atoms with Gasteiger partial charge in [0.05, 0.1) is 0 Å². The molecule has 0 aromatic carbocycles. The monoisotopic (exact) mass is 187 g/mol. The lowest BCUT2D eigenvalue weighted by Crippen LogP contribution is -2.39. The van der Waals surface area contributed by atoms with Gasteiger partial charge in [0.2, 0.25) is 0 Å². The molecule has 0 bridgehead atoms. The molecule has 12 heavy (non-hydrogen) atoms. The summed E-state index contributed by atoms with van der Waals surface area (Å²) in [6.07, 6.45) is 2.82. The van der Waals surface area contributed by atoms with Gasteiger partial charge in [0.1, 0.15) is 0 Å². The molecule has 1 saturated heterocycles. The average Bonchev–Trinajstić information content (AvgIpc) is 2.02. The second-order valence-electron chi connectivity index (χ2n) is 4.69. The maximum Gasteiger partial charge on any atom is 0.00966 e. The predicted molar refractivity (Wildman–Crippen MR) is 57.8 cm³/mol. The molecule has 1 aliphatic rings.